The van der Waals surface area contributed by atoms with Crippen molar-refractivity contribution in [3.8, 4) is 0 Å². The first-order valence-corrected chi connectivity index (χ1v) is 6.37. The van der Waals surface area contributed by atoms with Gasteiger partial charge in [-0.2, -0.15) is 0 Å². The summed E-state index contributed by atoms with van der Waals surface area (Å²) in [5.74, 6) is 0. The van der Waals surface area contributed by atoms with E-state index in [0.29, 0.717) is 6.04 Å². The largest absolute Gasteiger partial charge is 0.243 e. The maximum atomic E-state index is 11.3. The van der Waals surface area contributed by atoms with Crippen LogP contribution in [0.15, 0.2) is 0 Å². The molecule has 0 aromatic heterocycles. The minimum absolute atomic E-state index is 0.592. The molecule has 1 rings (SSSR count). The Balaban J connectivity index is 2.46. The molecule has 0 radical (unpaired) electrons. The molecule has 1 aliphatic rings. The molecule has 1 unspecified atom stereocenters. The van der Waals surface area contributed by atoms with Gasteiger partial charge in [-0.25, -0.2) is 8.51 Å². The minimum atomic E-state index is -0.768. The van der Waals surface area contributed by atoms with E-state index in [1.807, 2.05) is 0 Å². The third kappa shape index (κ3) is 2.56. The third-order valence-corrected chi connectivity index (χ3v) is 3.84. The minimum Gasteiger partial charge on any atom is -0.243 e. The lowest BCUT2D eigenvalue weighted by Crippen LogP contribution is -2.37. The highest BCUT2D eigenvalue weighted by atomic mass is 32.2. The third-order valence-electron chi connectivity index (χ3n) is 2.62. The Labute approximate surface area is 77.9 Å². The lowest BCUT2D eigenvalue weighted by Gasteiger charge is -2.31. The monoisotopic (exact) mass is 189 g/mol. The summed E-state index contributed by atoms with van der Waals surface area (Å²) in [6, 6.07) is 0.592. The summed E-state index contributed by atoms with van der Waals surface area (Å²) < 4.78 is 13.4. The van der Waals surface area contributed by atoms with Crippen LogP contribution in [0, 0.1) is 0 Å². The van der Waals surface area contributed by atoms with Gasteiger partial charge in [0.15, 0.2) is 0 Å². The van der Waals surface area contributed by atoms with Crippen molar-refractivity contribution in [2.45, 2.75) is 45.1 Å². The molecule has 3 heteroatoms. The van der Waals surface area contributed by atoms with Gasteiger partial charge in [0.2, 0.25) is 0 Å². The van der Waals surface area contributed by atoms with Crippen molar-refractivity contribution in [3.05, 3.63) is 0 Å². The smallest absolute Gasteiger partial charge is 0.0913 e. The summed E-state index contributed by atoms with van der Waals surface area (Å²) >= 11 is 0. The molecule has 1 aliphatic carbocycles. The van der Waals surface area contributed by atoms with Gasteiger partial charge in [-0.1, -0.05) is 26.2 Å². The second-order valence-electron chi connectivity index (χ2n) is 3.45. The lowest BCUT2D eigenvalue weighted by molar-refractivity contribution is 0.273. The summed E-state index contributed by atoms with van der Waals surface area (Å²) in [5, 5.41) is 0. The zero-order valence-corrected chi connectivity index (χ0v) is 8.90. The van der Waals surface area contributed by atoms with E-state index in [-0.39, 0.29) is 0 Å². The van der Waals surface area contributed by atoms with Gasteiger partial charge in [0, 0.05) is 18.8 Å². The van der Waals surface area contributed by atoms with Gasteiger partial charge in [0.25, 0.3) is 0 Å². The Kier molecular flexibility index (Phi) is 4.22. The number of hydrogen-bond acceptors (Lipinski definition) is 1. The Hall–Kier alpha value is 0.110. The van der Waals surface area contributed by atoms with Crippen LogP contribution >= 0.6 is 0 Å². The van der Waals surface area contributed by atoms with Crippen LogP contribution < -0.4 is 0 Å². The molecule has 0 amide bonds. The molecule has 0 aromatic rings. The van der Waals surface area contributed by atoms with E-state index in [1.54, 1.807) is 6.26 Å². The van der Waals surface area contributed by atoms with Gasteiger partial charge in [0.05, 0.1) is 11.0 Å². The molecule has 1 saturated carbocycles. The summed E-state index contributed by atoms with van der Waals surface area (Å²) in [6.07, 6.45) is 8.28. The van der Waals surface area contributed by atoms with E-state index < -0.39 is 11.0 Å². The second kappa shape index (κ2) is 4.97. The van der Waals surface area contributed by atoms with Crippen molar-refractivity contribution in [1.82, 2.24) is 4.31 Å². The van der Waals surface area contributed by atoms with Crippen LogP contribution in [0.25, 0.3) is 0 Å². The van der Waals surface area contributed by atoms with Crippen LogP contribution in [-0.2, 0) is 11.0 Å². The maximum absolute atomic E-state index is 11.3. The van der Waals surface area contributed by atoms with Crippen molar-refractivity contribution < 1.29 is 4.21 Å². The maximum Gasteiger partial charge on any atom is 0.0913 e. The normalized spacial score (nSPS) is 22.9. The fourth-order valence-electron chi connectivity index (χ4n) is 2.02. The molecule has 0 spiro atoms. The van der Waals surface area contributed by atoms with E-state index in [1.165, 1.54) is 32.1 Å². The highest BCUT2D eigenvalue weighted by molar-refractivity contribution is 7.81. The topological polar surface area (TPSA) is 20.3 Å². The molecular formula is C9H19NOS. The van der Waals surface area contributed by atoms with Crippen molar-refractivity contribution in [2.24, 2.45) is 0 Å². The Morgan fingerprint density at radius 3 is 2.33 bits per heavy atom. The first kappa shape index (κ1) is 10.2. The van der Waals surface area contributed by atoms with Crippen LogP contribution in [-0.4, -0.2) is 27.4 Å². The quantitative estimate of drug-likeness (QED) is 0.664. The standard InChI is InChI=1S/C9H19NOS/c1-3-10(12(2)11)9-7-5-4-6-8-9/h9H,3-8H2,1-2H3. The van der Waals surface area contributed by atoms with Crippen LogP contribution in [0.4, 0.5) is 0 Å². The van der Waals surface area contributed by atoms with E-state index in [9.17, 15) is 4.21 Å². The summed E-state index contributed by atoms with van der Waals surface area (Å²) in [5.41, 5.74) is 0. The second-order valence-corrected chi connectivity index (χ2v) is 4.77. The zero-order chi connectivity index (χ0) is 8.97. The van der Waals surface area contributed by atoms with Crippen LogP contribution in [0.5, 0.6) is 0 Å². The van der Waals surface area contributed by atoms with Gasteiger partial charge < -0.3 is 0 Å². The molecule has 12 heavy (non-hydrogen) atoms. The molecular weight excluding hydrogens is 170 g/mol. The van der Waals surface area contributed by atoms with Gasteiger partial charge in [-0.3, -0.25) is 0 Å². The zero-order valence-electron chi connectivity index (χ0n) is 8.08. The van der Waals surface area contributed by atoms with Crippen LogP contribution in [0.3, 0.4) is 0 Å². The summed E-state index contributed by atoms with van der Waals surface area (Å²) in [4.78, 5) is 0. The van der Waals surface area contributed by atoms with Crippen molar-refractivity contribution in [1.29, 1.82) is 0 Å². The molecule has 2 nitrogen and oxygen atoms in total. The molecule has 72 valence electrons. The van der Waals surface area contributed by atoms with Crippen molar-refractivity contribution in [2.75, 3.05) is 12.8 Å². The first-order valence-electron chi connectivity index (χ1n) is 4.86. The van der Waals surface area contributed by atoms with Gasteiger partial charge >= 0.3 is 0 Å². The Morgan fingerprint density at radius 1 is 1.33 bits per heavy atom. The molecule has 1 atom stereocenters. The number of rotatable bonds is 3. The van der Waals surface area contributed by atoms with Gasteiger partial charge in [0.1, 0.15) is 0 Å². The SMILES string of the molecule is CCN(C1CCCCC1)S(C)=O. The first-order chi connectivity index (χ1) is 5.75. The molecule has 0 N–H and O–H groups in total. The Morgan fingerprint density at radius 2 is 1.92 bits per heavy atom. The van der Waals surface area contributed by atoms with Gasteiger partial charge in [-0.15, -0.1) is 0 Å². The molecule has 0 heterocycles. The lowest BCUT2D eigenvalue weighted by atomic mass is 9.95. The fourth-order valence-corrected chi connectivity index (χ4v) is 3.01. The highest BCUT2D eigenvalue weighted by Crippen LogP contribution is 2.22. The number of hydrogen-bond donors (Lipinski definition) is 0. The van der Waals surface area contributed by atoms with Crippen LogP contribution in [0.2, 0.25) is 0 Å². The molecule has 0 aliphatic heterocycles. The van der Waals surface area contributed by atoms with E-state index in [0.717, 1.165) is 6.54 Å². The summed E-state index contributed by atoms with van der Waals surface area (Å²) in [7, 11) is -0.768. The predicted molar refractivity (Wildman–Crippen MR) is 53.3 cm³/mol. The summed E-state index contributed by atoms with van der Waals surface area (Å²) in [6.45, 7) is 3.02. The van der Waals surface area contributed by atoms with E-state index in [4.69, 9.17) is 0 Å². The van der Waals surface area contributed by atoms with Crippen molar-refractivity contribution in [3.63, 3.8) is 0 Å². The molecule has 0 aromatic carbocycles. The predicted octanol–water partition coefficient (Wildman–Crippen LogP) is 1.93. The fraction of sp³-hybridized carbons (Fsp3) is 1.00. The molecule has 1 fully saturated rings. The average Bonchev–Trinajstić information content (AvgIpc) is 2.07. The Bertz CT molecular complexity index is 155. The van der Waals surface area contributed by atoms with E-state index >= 15 is 0 Å². The highest BCUT2D eigenvalue weighted by Gasteiger charge is 2.21. The molecule has 0 bridgehead atoms. The van der Waals surface area contributed by atoms with Crippen molar-refractivity contribution >= 4 is 11.0 Å². The van der Waals surface area contributed by atoms with Crippen LogP contribution in [0.1, 0.15) is 39.0 Å². The molecule has 0 saturated heterocycles. The number of nitrogens with zero attached hydrogens (tertiary/aromatic N) is 1. The van der Waals surface area contributed by atoms with E-state index in [2.05, 4.69) is 11.2 Å². The average molecular weight is 189 g/mol. The van der Waals surface area contributed by atoms with Gasteiger partial charge in [-0.05, 0) is 12.8 Å².